The molecule has 1 rings (SSSR count). The number of carbonyl (C=O) groups excluding carboxylic acids is 1. The number of hydrogen-bond acceptors (Lipinski definition) is 3. The second-order valence-electron chi connectivity index (χ2n) is 4.71. The summed E-state index contributed by atoms with van der Waals surface area (Å²) in [5.41, 5.74) is 6.53. The summed E-state index contributed by atoms with van der Waals surface area (Å²) in [6.45, 7) is 2.95. The summed E-state index contributed by atoms with van der Waals surface area (Å²) >= 11 is 4.79. The molecular formula is C15H22N2O2S. The lowest BCUT2D eigenvalue weighted by molar-refractivity contribution is -0.131. The fourth-order valence-corrected chi connectivity index (χ4v) is 1.83. The Hall–Kier alpha value is -1.46. The molecule has 0 saturated carbocycles. The molecule has 110 valence electrons. The van der Waals surface area contributed by atoms with E-state index in [0.29, 0.717) is 31.0 Å². The number of carbonyl (C=O) groups is 1. The van der Waals surface area contributed by atoms with Crippen LogP contribution in [0.15, 0.2) is 30.3 Å². The van der Waals surface area contributed by atoms with Gasteiger partial charge in [0.15, 0.2) is 0 Å². The SMILES string of the molecule is CC(OCCC(=O)N(C)CCC(N)=S)c1ccccc1. The van der Waals surface area contributed by atoms with Gasteiger partial charge in [-0.25, -0.2) is 0 Å². The number of amides is 1. The van der Waals surface area contributed by atoms with Crippen molar-refractivity contribution in [3.05, 3.63) is 35.9 Å². The molecule has 5 heteroatoms. The summed E-state index contributed by atoms with van der Waals surface area (Å²) < 4.78 is 5.68. The van der Waals surface area contributed by atoms with E-state index in [4.69, 9.17) is 22.7 Å². The van der Waals surface area contributed by atoms with Crippen LogP contribution in [-0.2, 0) is 9.53 Å². The molecule has 0 saturated heterocycles. The number of nitrogens with zero attached hydrogens (tertiary/aromatic N) is 1. The summed E-state index contributed by atoms with van der Waals surface area (Å²) in [6.07, 6.45) is 0.912. The topological polar surface area (TPSA) is 55.6 Å². The Balaban J connectivity index is 2.26. The molecule has 4 nitrogen and oxygen atoms in total. The van der Waals surface area contributed by atoms with Gasteiger partial charge in [-0.3, -0.25) is 4.79 Å². The number of nitrogens with two attached hydrogens (primary N) is 1. The van der Waals surface area contributed by atoms with Gasteiger partial charge in [0, 0.05) is 20.0 Å². The quantitative estimate of drug-likeness (QED) is 0.747. The lowest BCUT2D eigenvalue weighted by Crippen LogP contribution is -2.30. The molecule has 0 aliphatic carbocycles. The summed E-state index contributed by atoms with van der Waals surface area (Å²) in [7, 11) is 1.75. The van der Waals surface area contributed by atoms with E-state index >= 15 is 0 Å². The van der Waals surface area contributed by atoms with E-state index in [0.717, 1.165) is 5.56 Å². The van der Waals surface area contributed by atoms with Crippen molar-refractivity contribution in [1.82, 2.24) is 4.90 Å². The molecule has 2 N–H and O–H groups in total. The number of rotatable bonds is 8. The van der Waals surface area contributed by atoms with Gasteiger partial charge in [-0.1, -0.05) is 42.5 Å². The van der Waals surface area contributed by atoms with Crippen molar-refractivity contribution < 1.29 is 9.53 Å². The molecule has 0 spiro atoms. The van der Waals surface area contributed by atoms with Crippen molar-refractivity contribution in [2.45, 2.75) is 25.9 Å². The molecule has 1 atom stereocenters. The van der Waals surface area contributed by atoms with Crippen molar-refractivity contribution in [3.63, 3.8) is 0 Å². The van der Waals surface area contributed by atoms with Crippen LogP contribution in [0.5, 0.6) is 0 Å². The maximum atomic E-state index is 11.8. The Morgan fingerprint density at radius 3 is 2.60 bits per heavy atom. The van der Waals surface area contributed by atoms with Gasteiger partial charge in [0.05, 0.1) is 24.1 Å². The van der Waals surface area contributed by atoms with Gasteiger partial charge in [0.2, 0.25) is 5.91 Å². The third kappa shape index (κ3) is 6.12. The van der Waals surface area contributed by atoms with Crippen LogP contribution < -0.4 is 5.73 Å². The highest BCUT2D eigenvalue weighted by Gasteiger charge is 2.10. The van der Waals surface area contributed by atoms with Gasteiger partial charge in [0.1, 0.15) is 0 Å². The zero-order chi connectivity index (χ0) is 15.0. The van der Waals surface area contributed by atoms with Crippen LogP contribution in [0, 0.1) is 0 Å². The zero-order valence-corrected chi connectivity index (χ0v) is 12.9. The van der Waals surface area contributed by atoms with Crippen molar-refractivity contribution in [2.24, 2.45) is 5.73 Å². The molecule has 0 bridgehead atoms. The van der Waals surface area contributed by atoms with Crippen molar-refractivity contribution in [1.29, 1.82) is 0 Å². The first kappa shape index (κ1) is 16.6. The van der Waals surface area contributed by atoms with Gasteiger partial charge >= 0.3 is 0 Å². The molecule has 20 heavy (non-hydrogen) atoms. The highest BCUT2D eigenvalue weighted by Crippen LogP contribution is 2.15. The molecule has 0 aromatic heterocycles. The van der Waals surface area contributed by atoms with E-state index in [-0.39, 0.29) is 12.0 Å². The van der Waals surface area contributed by atoms with Crippen molar-refractivity contribution >= 4 is 23.1 Å². The molecular weight excluding hydrogens is 272 g/mol. The first-order valence-electron chi connectivity index (χ1n) is 6.69. The largest absolute Gasteiger partial charge is 0.393 e. The van der Waals surface area contributed by atoms with Crippen LogP contribution in [0.3, 0.4) is 0 Å². The first-order chi connectivity index (χ1) is 9.50. The van der Waals surface area contributed by atoms with Gasteiger partial charge in [-0.15, -0.1) is 0 Å². The van der Waals surface area contributed by atoms with Gasteiger partial charge < -0.3 is 15.4 Å². The van der Waals surface area contributed by atoms with Crippen LogP contribution in [-0.4, -0.2) is 36.0 Å². The predicted molar refractivity (Wildman–Crippen MR) is 84.5 cm³/mol. The van der Waals surface area contributed by atoms with E-state index in [1.54, 1.807) is 11.9 Å². The second-order valence-corrected chi connectivity index (χ2v) is 5.23. The minimum absolute atomic E-state index is 0.00840. The molecule has 0 heterocycles. The molecule has 1 unspecified atom stereocenters. The average molecular weight is 294 g/mol. The molecule has 1 aromatic carbocycles. The predicted octanol–water partition coefficient (Wildman–Crippen LogP) is 2.29. The number of ether oxygens (including phenoxy) is 1. The van der Waals surface area contributed by atoms with E-state index < -0.39 is 0 Å². The summed E-state index contributed by atoms with van der Waals surface area (Å²) in [4.78, 5) is 13.9. The van der Waals surface area contributed by atoms with E-state index in [9.17, 15) is 4.79 Å². The normalized spacial score (nSPS) is 11.9. The maximum Gasteiger partial charge on any atom is 0.224 e. The van der Waals surface area contributed by atoms with Crippen LogP contribution >= 0.6 is 12.2 Å². The van der Waals surface area contributed by atoms with Gasteiger partial charge in [-0.2, -0.15) is 0 Å². The minimum atomic E-state index is -0.00840. The Morgan fingerprint density at radius 1 is 1.35 bits per heavy atom. The highest BCUT2D eigenvalue weighted by molar-refractivity contribution is 7.80. The minimum Gasteiger partial charge on any atom is -0.393 e. The lowest BCUT2D eigenvalue weighted by atomic mass is 10.1. The Bertz CT molecular complexity index is 437. The van der Waals surface area contributed by atoms with Crippen LogP contribution in [0.1, 0.15) is 31.4 Å². The monoisotopic (exact) mass is 294 g/mol. The number of hydrogen-bond donors (Lipinski definition) is 1. The average Bonchev–Trinajstić information content (AvgIpc) is 2.45. The van der Waals surface area contributed by atoms with Gasteiger partial charge in [-0.05, 0) is 12.5 Å². The second kappa shape index (κ2) is 8.66. The third-order valence-electron chi connectivity index (χ3n) is 3.07. The fraction of sp³-hybridized carbons (Fsp3) is 0.467. The molecule has 1 amide bonds. The number of thiocarbonyl (C=S) groups is 1. The van der Waals surface area contributed by atoms with Crippen molar-refractivity contribution in [2.75, 3.05) is 20.2 Å². The highest BCUT2D eigenvalue weighted by atomic mass is 32.1. The Morgan fingerprint density at radius 2 is 2.00 bits per heavy atom. The van der Waals surface area contributed by atoms with Gasteiger partial charge in [0.25, 0.3) is 0 Å². The van der Waals surface area contributed by atoms with Crippen LogP contribution in [0.25, 0.3) is 0 Å². The summed E-state index contributed by atoms with van der Waals surface area (Å²) in [6, 6.07) is 9.95. The molecule has 1 aromatic rings. The van der Waals surface area contributed by atoms with Crippen molar-refractivity contribution in [3.8, 4) is 0 Å². The third-order valence-corrected chi connectivity index (χ3v) is 3.28. The Labute approximate surface area is 125 Å². The standard InChI is InChI=1S/C15H22N2O2S/c1-12(13-6-4-3-5-7-13)19-11-9-15(18)17(2)10-8-14(16)20/h3-7,12H,8-11H2,1-2H3,(H2,16,20). The molecule has 0 aliphatic heterocycles. The zero-order valence-electron chi connectivity index (χ0n) is 12.0. The first-order valence-corrected chi connectivity index (χ1v) is 7.10. The van der Waals surface area contributed by atoms with E-state index in [1.165, 1.54) is 0 Å². The number of benzene rings is 1. The molecule has 0 fully saturated rings. The Kier molecular flexibility index (Phi) is 7.18. The lowest BCUT2D eigenvalue weighted by Gasteiger charge is -2.18. The smallest absolute Gasteiger partial charge is 0.224 e. The summed E-state index contributed by atoms with van der Waals surface area (Å²) in [5.74, 6) is 0.0431. The van der Waals surface area contributed by atoms with Crippen LogP contribution in [0.2, 0.25) is 0 Å². The van der Waals surface area contributed by atoms with E-state index in [2.05, 4.69) is 0 Å². The fourth-order valence-electron chi connectivity index (χ4n) is 1.74. The van der Waals surface area contributed by atoms with E-state index in [1.807, 2.05) is 37.3 Å². The molecule has 0 aliphatic rings. The summed E-state index contributed by atoms with van der Waals surface area (Å²) in [5, 5.41) is 0. The van der Waals surface area contributed by atoms with Crippen LogP contribution in [0.4, 0.5) is 0 Å². The maximum absolute atomic E-state index is 11.8. The molecule has 0 radical (unpaired) electrons.